The van der Waals surface area contributed by atoms with Gasteiger partial charge in [-0.05, 0) is 31.2 Å². The highest BCUT2D eigenvalue weighted by molar-refractivity contribution is 6.30. The van der Waals surface area contributed by atoms with Crippen LogP contribution in [0.15, 0.2) is 42.5 Å². The first-order valence-electron chi connectivity index (χ1n) is 7.98. The summed E-state index contributed by atoms with van der Waals surface area (Å²) in [5.41, 5.74) is -1.03. The Morgan fingerprint density at radius 1 is 1.21 bits per heavy atom. The van der Waals surface area contributed by atoms with Crippen LogP contribution in [0.4, 0.5) is 18.9 Å². The summed E-state index contributed by atoms with van der Waals surface area (Å²) in [6.07, 6.45) is -6.08. The highest BCUT2D eigenvalue weighted by Crippen LogP contribution is 2.36. The van der Waals surface area contributed by atoms with E-state index in [2.05, 4.69) is 15.5 Å². The Balaban J connectivity index is 1.74. The SMILES string of the molecule is CC(OC(=O)c1n[nH]c2ccccc12)C(=O)Nc1ccc(Cl)cc1C(F)(F)F. The average Bonchev–Trinajstić information content (AvgIpc) is 3.06. The first-order chi connectivity index (χ1) is 13.2. The lowest BCUT2D eigenvalue weighted by molar-refractivity contribution is -0.137. The zero-order valence-corrected chi connectivity index (χ0v) is 15.1. The summed E-state index contributed by atoms with van der Waals surface area (Å²) in [6, 6.07) is 9.72. The van der Waals surface area contributed by atoms with Crippen molar-refractivity contribution in [1.82, 2.24) is 10.2 Å². The van der Waals surface area contributed by atoms with Crippen LogP contribution in [0.3, 0.4) is 0 Å². The molecule has 0 aliphatic heterocycles. The van der Waals surface area contributed by atoms with Crippen LogP contribution in [0.25, 0.3) is 10.9 Å². The summed E-state index contributed by atoms with van der Waals surface area (Å²) < 4.78 is 44.4. The van der Waals surface area contributed by atoms with Crippen molar-refractivity contribution in [1.29, 1.82) is 0 Å². The van der Waals surface area contributed by atoms with Gasteiger partial charge in [0.05, 0.1) is 16.8 Å². The van der Waals surface area contributed by atoms with Gasteiger partial charge >= 0.3 is 12.1 Å². The number of benzene rings is 2. The number of carbonyl (C=O) groups excluding carboxylic acids is 2. The van der Waals surface area contributed by atoms with E-state index >= 15 is 0 Å². The second-order valence-electron chi connectivity index (χ2n) is 5.84. The maximum atomic E-state index is 13.1. The molecule has 146 valence electrons. The van der Waals surface area contributed by atoms with Gasteiger partial charge in [0, 0.05) is 10.4 Å². The average molecular weight is 412 g/mol. The summed E-state index contributed by atoms with van der Waals surface area (Å²) in [5, 5.41) is 8.98. The molecule has 28 heavy (non-hydrogen) atoms. The van der Waals surface area contributed by atoms with Crippen molar-refractivity contribution in [3.05, 3.63) is 58.7 Å². The van der Waals surface area contributed by atoms with Crippen molar-refractivity contribution < 1.29 is 27.5 Å². The second kappa shape index (κ2) is 7.51. The number of fused-ring (bicyclic) bond motifs is 1. The summed E-state index contributed by atoms with van der Waals surface area (Å²) in [4.78, 5) is 24.5. The number of carbonyl (C=O) groups is 2. The number of amides is 1. The quantitative estimate of drug-likeness (QED) is 0.622. The van der Waals surface area contributed by atoms with Gasteiger partial charge in [-0.3, -0.25) is 9.89 Å². The molecule has 2 N–H and O–H groups in total. The van der Waals surface area contributed by atoms with Gasteiger partial charge in [-0.25, -0.2) is 4.79 Å². The first-order valence-corrected chi connectivity index (χ1v) is 8.36. The number of hydrogen-bond acceptors (Lipinski definition) is 4. The Morgan fingerprint density at radius 3 is 2.64 bits per heavy atom. The van der Waals surface area contributed by atoms with Crippen molar-refractivity contribution in [2.24, 2.45) is 0 Å². The Labute approximate surface area is 161 Å². The standard InChI is InChI=1S/C18H13ClF3N3O3/c1-9(28-17(27)15-11-4-2-3-5-13(11)24-25-15)16(26)23-14-7-6-10(19)8-12(14)18(20,21)22/h2-9H,1H3,(H,23,26)(H,24,25). The Hall–Kier alpha value is -3.07. The van der Waals surface area contributed by atoms with Crippen LogP contribution in [0.2, 0.25) is 5.02 Å². The Morgan fingerprint density at radius 2 is 1.93 bits per heavy atom. The van der Waals surface area contributed by atoms with Crippen molar-refractivity contribution in [2.45, 2.75) is 19.2 Å². The third-order valence-corrected chi connectivity index (χ3v) is 4.10. The summed E-state index contributed by atoms with van der Waals surface area (Å²) in [5.74, 6) is -1.81. The number of ether oxygens (including phenoxy) is 1. The van der Waals surface area contributed by atoms with Gasteiger partial charge in [0.25, 0.3) is 5.91 Å². The third kappa shape index (κ3) is 4.09. The number of para-hydroxylation sites is 1. The minimum atomic E-state index is -4.72. The van der Waals surface area contributed by atoms with Crippen molar-refractivity contribution >= 4 is 40.1 Å². The molecule has 0 aliphatic rings. The molecule has 1 unspecified atom stereocenters. The van der Waals surface area contributed by atoms with E-state index in [0.29, 0.717) is 17.0 Å². The fraction of sp³-hybridized carbons (Fsp3) is 0.167. The first kappa shape index (κ1) is 19.7. The number of H-pyrrole nitrogens is 1. The number of anilines is 1. The minimum absolute atomic E-state index is 0.0299. The van der Waals surface area contributed by atoms with Crippen LogP contribution in [0, 0.1) is 0 Å². The summed E-state index contributed by atoms with van der Waals surface area (Å²) >= 11 is 5.60. The summed E-state index contributed by atoms with van der Waals surface area (Å²) in [7, 11) is 0. The monoisotopic (exact) mass is 411 g/mol. The van der Waals surface area contributed by atoms with Gasteiger partial charge in [0.2, 0.25) is 0 Å². The molecule has 0 spiro atoms. The van der Waals surface area contributed by atoms with E-state index in [1.165, 1.54) is 13.0 Å². The molecule has 1 aromatic heterocycles. The van der Waals surface area contributed by atoms with E-state index in [0.717, 1.165) is 6.07 Å². The van der Waals surface area contributed by atoms with Gasteiger partial charge in [0.15, 0.2) is 11.8 Å². The number of halogens is 4. The van der Waals surface area contributed by atoms with E-state index in [-0.39, 0.29) is 10.7 Å². The van der Waals surface area contributed by atoms with Crippen LogP contribution in [-0.4, -0.2) is 28.2 Å². The van der Waals surface area contributed by atoms with Gasteiger partial charge < -0.3 is 10.1 Å². The molecule has 0 saturated heterocycles. The zero-order chi connectivity index (χ0) is 20.5. The van der Waals surface area contributed by atoms with Gasteiger partial charge in [-0.2, -0.15) is 18.3 Å². The largest absolute Gasteiger partial charge is 0.448 e. The predicted octanol–water partition coefficient (Wildman–Crippen LogP) is 4.42. The maximum Gasteiger partial charge on any atom is 0.418 e. The van der Waals surface area contributed by atoms with E-state index < -0.39 is 35.4 Å². The predicted molar refractivity (Wildman–Crippen MR) is 96.1 cm³/mol. The number of nitrogens with one attached hydrogen (secondary N) is 2. The molecule has 0 aliphatic carbocycles. The molecular formula is C18H13ClF3N3O3. The third-order valence-electron chi connectivity index (χ3n) is 3.86. The van der Waals surface area contributed by atoms with Crippen LogP contribution in [0.5, 0.6) is 0 Å². The highest BCUT2D eigenvalue weighted by Gasteiger charge is 2.35. The molecule has 10 heteroatoms. The van der Waals surface area contributed by atoms with Crippen molar-refractivity contribution in [3.63, 3.8) is 0 Å². The molecule has 6 nitrogen and oxygen atoms in total. The second-order valence-corrected chi connectivity index (χ2v) is 6.28. The molecular weight excluding hydrogens is 399 g/mol. The number of esters is 1. The Bertz CT molecular complexity index is 1050. The maximum absolute atomic E-state index is 13.1. The lowest BCUT2D eigenvalue weighted by Gasteiger charge is -2.17. The Kier molecular flexibility index (Phi) is 5.28. The van der Waals surface area contributed by atoms with Crippen LogP contribution in [-0.2, 0) is 15.7 Å². The molecule has 1 atom stereocenters. The van der Waals surface area contributed by atoms with E-state index in [4.69, 9.17) is 16.3 Å². The number of aromatic amines is 1. The van der Waals surface area contributed by atoms with Gasteiger partial charge in [-0.15, -0.1) is 0 Å². The number of aromatic nitrogens is 2. The highest BCUT2D eigenvalue weighted by atomic mass is 35.5. The van der Waals surface area contributed by atoms with Gasteiger partial charge in [-0.1, -0.05) is 29.8 Å². The topological polar surface area (TPSA) is 84.1 Å². The number of hydrogen-bond donors (Lipinski definition) is 2. The molecule has 1 amide bonds. The number of rotatable bonds is 4. The van der Waals surface area contributed by atoms with Crippen LogP contribution >= 0.6 is 11.6 Å². The molecule has 2 aromatic carbocycles. The van der Waals surface area contributed by atoms with Crippen molar-refractivity contribution in [2.75, 3.05) is 5.32 Å². The normalized spacial score (nSPS) is 12.6. The lowest BCUT2D eigenvalue weighted by Crippen LogP contribution is -2.31. The molecule has 0 radical (unpaired) electrons. The van der Waals surface area contributed by atoms with Crippen molar-refractivity contribution in [3.8, 4) is 0 Å². The molecule has 3 aromatic rings. The van der Waals surface area contributed by atoms with Gasteiger partial charge in [0.1, 0.15) is 0 Å². The van der Waals surface area contributed by atoms with Crippen LogP contribution < -0.4 is 5.32 Å². The fourth-order valence-electron chi connectivity index (χ4n) is 2.48. The molecule has 0 fully saturated rings. The number of nitrogens with zero attached hydrogens (tertiary/aromatic N) is 1. The molecule has 1 heterocycles. The molecule has 3 rings (SSSR count). The number of alkyl halides is 3. The lowest BCUT2D eigenvalue weighted by atomic mass is 10.1. The minimum Gasteiger partial charge on any atom is -0.448 e. The summed E-state index contributed by atoms with van der Waals surface area (Å²) in [6.45, 7) is 1.24. The smallest absolute Gasteiger partial charge is 0.418 e. The van der Waals surface area contributed by atoms with E-state index in [9.17, 15) is 22.8 Å². The molecule has 0 bridgehead atoms. The van der Waals surface area contributed by atoms with Crippen LogP contribution in [0.1, 0.15) is 23.0 Å². The molecule has 0 saturated carbocycles. The zero-order valence-electron chi connectivity index (χ0n) is 14.3. The van der Waals surface area contributed by atoms with E-state index in [1.807, 2.05) is 0 Å². The fourth-order valence-corrected chi connectivity index (χ4v) is 2.66. The van der Waals surface area contributed by atoms with E-state index in [1.54, 1.807) is 24.3 Å².